The highest BCUT2D eigenvalue weighted by Crippen LogP contribution is 2.40. The van der Waals surface area contributed by atoms with Gasteiger partial charge < -0.3 is 10.4 Å². The lowest BCUT2D eigenvalue weighted by Crippen LogP contribution is -2.26. The number of hydrogen-bond acceptors (Lipinski definition) is 4. The Morgan fingerprint density at radius 3 is 2.45 bits per heavy atom. The molecule has 0 amide bonds. The van der Waals surface area contributed by atoms with Crippen molar-refractivity contribution in [1.29, 1.82) is 0 Å². The first-order valence-corrected chi connectivity index (χ1v) is 5.46. The average Bonchev–Trinajstić information content (AvgIpc) is 2.26. The molecule has 0 saturated heterocycles. The maximum Gasteiger partial charge on any atom is 0.418 e. The Labute approximate surface area is 115 Å². The second-order valence-electron chi connectivity index (χ2n) is 3.81. The first kappa shape index (κ1) is 16.0. The van der Waals surface area contributed by atoms with Gasteiger partial charge in [0.15, 0.2) is 0 Å². The second-order valence-corrected chi connectivity index (χ2v) is 4.22. The van der Waals surface area contributed by atoms with Crippen LogP contribution in [0.2, 0.25) is 5.02 Å². The van der Waals surface area contributed by atoms with Crippen LogP contribution >= 0.6 is 11.6 Å². The summed E-state index contributed by atoms with van der Waals surface area (Å²) in [7, 11) is 0. The minimum atomic E-state index is -4.85. The summed E-state index contributed by atoms with van der Waals surface area (Å²) >= 11 is 5.42. The molecule has 6 nitrogen and oxygen atoms in total. The van der Waals surface area contributed by atoms with Crippen LogP contribution in [0.3, 0.4) is 0 Å². The van der Waals surface area contributed by atoms with Crippen LogP contribution in [0.1, 0.15) is 12.5 Å². The third-order valence-electron chi connectivity index (χ3n) is 2.33. The van der Waals surface area contributed by atoms with Crippen molar-refractivity contribution in [3.8, 4) is 0 Å². The molecule has 0 aliphatic heterocycles. The van der Waals surface area contributed by atoms with Gasteiger partial charge in [0.2, 0.25) is 0 Å². The summed E-state index contributed by atoms with van der Waals surface area (Å²) in [4.78, 5) is 20.4. The number of nitro groups is 1. The molecule has 20 heavy (non-hydrogen) atoms. The maximum absolute atomic E-state index is 12.6. The Morgan fingerprint density at radius 2 is 2.05 bits per heavy atom. The number of benzene rings is 1. The van der Waals surface area contributed by atoms with Crippen LogP contribution in [0.5, 0.6) is 0 Å². The van der Waals surface area contributed by atoms with E-state index < -0.39 is 45.1 Å². The summed E-state index contributed by atoms with van der Waals surface area (Å²) in [5.74, 6) is -1.32. The van der Waals surface area contributed by atoms with Crippen molar-refractivity contribution in [2.45, 2.75) is 19.1 Å². The lowest BCUT2D eigenvalue weighted by molar-refractivity contribution is -0.384. The molecule has 0 spiro atoms. The van der Waals surface area contributed by atoms with E-state index in [0.717, 1.165) is 0 Å². The van der Waals surface area contributed by atoms with E-state index in [0.29, 0.717) is 6.07 Å². The minimum Gasteiger partial charge on any atom is -0.480 e. The Morgan fingerprint density at radius 1 is 1.50 bits per heavy atom. The molecule has 0 aliphatic carbocycles. The average molecular weight is 313 g/mol. The van der Waals surface area contributed by atoms with Crippen molar-refractivity contribution < 1.29 is 28.0 Å². The number of aliphatic carboxylic acids is 1. The van der Waals surface area contributed by atoms with E-state index in [9.17, 15) is 28.1 Å². The van der Waals surface area contributed by atoms with Crippen LogP contribution < -0.4 is 5.32 Å². The summed E-state index contributed by atoms with van der Waals surface area (Å²) in [5.41, 5.74) is -2.67. The summed E-state index contributed by atoms with van der Waals surface area (Å²) < 4.78 is 37.8. The molecule has 0 radical (unpaired) electrons. The molecule has 0 heterocycles. The van der Waals surface area contributed by atoms with Crippen LogP contribution in [0.25, 0.3) is 0 Å². The van der Waals surface area contributed by atoms with Crippen LogP contribution in [0.15, 0.2) is 12.1 Å². The van der Waals surface area contributed by atoms with Crippen LogP contribution in [0.4, 0.5) is 24.5 Å². The van der Waals surface area contributed by atoms with Crippen molar-refractivity contribution in [3.05, 3.63) is 32.8 Å². The molecule has 1 aromatic carbocycles. The molecule has 110 valence electrons. The first-order chi connectivity index (χ1) is 9.04. The highest BCUT2D eigenvalue weighted by atomic mass is 35.5. The van der Waals surface area contributed by atoms with Gasteiger partial charge in [-0.1, -0.05) is 11.6 Å². The molecule has 0 bridgehead atoms. The van der Waals surface area contributed by atoms with E-state index in [2.05, 4.69) is 5.32 Å². The fraction of sp³-hybridized carbons (Fsp3) is 0.300. The number of anilines is 1. The summed E-state index contributed by atoms with van der Waals surface area (Å²) in [6, 6.07) is -0.289. The smallest absolute Gasteiger partial charge is 0.418 e. The van der Waals surface area contributed by atoms with E-state index in [1.165, 1.54) is 6.92 Å². The minimum absolute atomic E-state index is 0.263. The van der Waals surface area contributed by atoms with Gasteiger partial charge in [-0.3, -0.25) is 14.9 Å². The van der Waals surface area contributed by atoms with E-state index in [4.69, 9.17) is 16.7 Å². The van der Waals surface area contributed by atoms with Gasteiger partial charge in [0.1, 0.15) is 11.7 Å². The normalized spacial score (nSPS) is 12.8. The quantitative estimate of drug-likeness (QED) is 0.658. The number of rotatable bonds is 4. The van der Waals surface area contributed by atoms with E-state index in [1.807, 2.05) is 0 Å². The lowest BCUT2D eigenvalue weighted by Gasteiger charge is -2.14. The van der Waals surface area contributed by atoms with Crippen molar-refractivity contribution in [2.75, 3.05) is 5.32 Å². The zero-order valence-electron chi connectivity index (χ0n) is 9.86. The van der Waals surface area contributed by atoms with Crippen molar-refractivity contribution in [1.82, 2.24) is 0 Å². The van der Waals surface area contributed by atoms with E-state index >= 15 is 0 Å². The largest absolute Gasteiger partial charge is 0.480 e. The van der Waals surface area contributed by atoms with Gasteiger partial charge >= 0.3 is 12.1 Å². The Bertz CT molecular complexity index is 562. The van der Waals surface area contributed by atoms with Crippen molar-refractivity contribution in [3.63, 3.8) is 0 Å². The zero-order valence-corrected chi connectivity index (χ0v) is 10.6. The Kier molecular flexibility index (Phi) is 4.43. The summed E-state index contributed by atoms with van der Waals surface area (Å²) in [6.45, 7) is 1.18. The predicted octanol–water partition coefficient (Wildman–Crippen LogP) is 3.15. The summed E-state index contributed by atoms with van der Waals surface area (Å²) in [5, 5.41) is 20.9. The highest BCUT2D eigenvalue weighted by Gasteiger charge is 2.36. The number of carboxylic acids is 1. The third-order valence-corrected chi connectivity index (χ3v) is 2.64. The SMILES string of the molecule is C[C@H](Nc1cc(Cl)c(C(F)(F)F)cc1[N+](=O)[O-])C(=O)O. The van der Waals surface area contributed by atoms with Gasteiger partial charge in [-0.25, -0.2) is 0 Å². The predicted molar refractivity (Wildman–Crippen MR) is 63.8 cm³/mol. The molecule has 0 unspecified atom stereocenters. The van der Waals surface area contributed by atoms with Crippen LogP contribution in [-0.2, 0) is 11.0 Å². The highest BCUT2D eigenvalue weighted by molar-refractivity contribution is 6.31. The maximum atomic E-state index is 12.6. The van der Waals surface area contributed by atoms with Gasteiger partial charge in [-0.15, -0.1) is 0 Å². The molecule has 1 aromatic rings. The third kappa shape index (κ3) is 3.50. The number of halogens is 4. The standard InChI is InChI=1S/C10H8ClF3N2O4/c1-4(9(17)18)15-7-3-6(11)5(10(12,13)14)2-8(7)16(19)20/h2-4,15H,1H3,(H,17,18)/t4-/m0/s1. The first-order valence-electron chi connectivity index (χ1n) is 5.08. The lowest BCUT2D eigenvalue weighted by atomic mass is 10.1. The molecule has 0 aromatic heterocycles. The summed E-state index contributed by atoms with van der Waals surface area (Å²) in [6.07, 6.45) is -4.85. The molecular weight excluding hydrogens is 305 g/mol. The topological polar surface area (TPSA) is 92.5 Å². The number of carbonyl (C=O) groups is 1. The van der Waals surface area contributed by atoms with Gasteiger partial charge in [0.05, 0.1) is 15.5 Å². The monoisotopic (exact) mass is 312 g/mol. The molecule has 1 rings (SSSR count). The van der Waals surface area contributed by atoms with Crippen molar-refractivity contribution in [2.24, 2.45) is 0 Å². The second kappa shape index (κ2) is 5.53. The molecule has 2 N–H and O–H groups in total. The van der Waals surface area contributed by atoms with Crippen LogP contribution in [-0.4, -0.2) is 22.0 Å². The molecule has 10 heteroatoms. The molecule has 0 fully saturated rings. The fourth-order valence-corrected chi connectivity index (χ4v) is 1.61. The van der Waals surface area contributed by atoms with Gasteiger partial charge in [0.25, 0.3) is 5.69 Å². The molecule has 0 saturated carbocycles. The van der Waals surface area contributed by atoms with E-state index in [1.54, 1.807) is 0 Å². The Balaban J connectivity index is 3.36. The van der Waals surface area contributed by atoms with E-state index in [-0.39, 0.29) is 6.07 Å². The van der Waals surface area contributed by atoms with Crippen LogP contribution in [0, 0.1) is 10.1 Å². The molecule has 0 aliphatic rings. The van der Waals surface area contributed by atoms with Gasteiger partial charge in [-0.2, -0.15) is 13.2 Å². The molecular formula is C10H8ClF3N2O4. The number of alkyl halides is 3. The number of nitro benzene ring substituents is 1. The number of nitrogens with one attached hydrogen (secondary N) is 1. The van der Waals surface area contributed by atoms with Gasteiger partial charge in [-0.05, 0) is 13.0 Å². The zero-order chi connectivity index (χ0) is 15.7. The fourth-order valence-electron chi connectivity index (χ4n) is 1.34. The number of hydrogen-bond donors (Lipinski definition) is 2. The number of carboxylic acid groups (broad SMARTS) is 1. The number of nitrogens with zero attached hydrogens (tertiary/aromatic N) is 1. The Hall–Kier alpha value is -2.03. The van der Waals surface area contributed by atoms with Crippen molar-refractivity contribution >= 4 is 28.9 Å². The molecule has 1 atom stereocenters. The van der Waals surface area contributed by atoms with Gasteiger partial charge in [0, 0.05) is 6.07 Å².